The Labute approximate surface area is 144 Å². The number of rotatable bonds is 7. The van der Waals surface area contributed by atoms with E-state index in [0.717, 1.165) is 17.7 Å². The van der Waals surface area contributed by atoms with Gasteiger partial charge < -0.3 is 14.8 Å². The van der Waals surface area contributed by atoms with Crippen LogP contribution in [0, 0.1) is 0 Å². The lowest BCUT2D eigenvalue weighted by Crippen LogP contribution is -2.13. The van der Waals surface area contributed by atoms with Crippen LogP contribution in [0.2, 0.25) is 0 Å². The van der Waals surface area contributed by atoms with Crippen molar-refractivity contribution in [2.45, 2.75) is 19.9 Å². The van der Waals surface area contributed by atoms with Crippen molar-refractivity contribution < 1.29 is 9.47 Å². The van der Waals surface area contributed by atoms with Crippen molar-refractivity contribution in [2.75, 3.05) is 19.0 Å². The Hall–Kier alpha value is -3.03. The molecule has 2 heterocycles. The third-order valence-corrected chi connectivity index (χ3v) is 3.75. The number of hydrogen-bond donors (Lipinski definition) is 2. The summed E-state index contributed by atoms with van der Waals surface area (Å²) in [4.78, 5) is 19.1. The zero-order chi connectivity index (χ0) is 17.8. The van der Waals surface area contributed by atoms with Crippen LogP contribution in [-0.2, 0) is 13.6 Å². The van der Waals surface area contributed by atoms with Crippen molar-refractivity contribution in [3.05, 3.63) is 40.3 Å². The molecule has 0 aliphatic heterocycles. The largest absolute Gasteiger partial charge is 0.493 e. The predicted molar refractivity (Wildman–Crippen MR) is 95.2 cm³/mol. The van der Waals surface area contributed by atoms with Gasteiger partial charge >= 0.3 is 0 Å². The Kier molecular flexibility index (Phi) is 4.87. The average molecular weight is 343 g/mol. The molecule has 0 saturated heterocycles. The molecule has 8 nitrogen and oxygen atoms in total. The molecule has 0 bridgehead atoms. The number of fused-ring (bicyclic) bond motifs is 1. The van der Waals surface area contributed by atoms with Gasteiger partial charge in [0, 0.05) is 13.6 Å². The molecule has 3 rings (SSSR count). The number of ether oxygens (including phenoxy) is 2. The molecule has 132 valence electrons. The maximum atomic E-state index is 12.0. The van der Waals surface area contributed by atoms with Crippen LogP contribution >= 0.6 is 0 Å². The lowest BCUT2D eigenvalue weighted by molar-refractivity contribution is 0.294. The van der Waals surface area contributed by atoms with E-state index in [0.29, 0.717) is 35.9 Å². The fourth-order valence-electron chi connectivity index (χ4n) is 2.46. The molecule has 0 fully saturated rings. The third kappa shape index (κ3) is 3.57. The molecule has 8 heteroatoms. The van der Waals surface area contributed by atoms with Gasteiger partial charge in [0.25, 0.3) is 5.56 Å². The van der Waals surface area contributed by atoms with Gasteiger partial charge in [0.2, 0.25) is 5.95 Å². The van der Waals surface area contributed by atoms with Gasteiger partial charge in [-0.05, 0) is 24.1 Å². The summed E-state index contributed by atoms with van der Waals surface area (Å²) in [7, 11) is 3.36. The first-order valence-corrected chi connectivity index (χ1v) is 8.08. The first-order valence-electron chi connectivity index (χ1n) is 8.08. The number of anilines is 1. The van der Waals surface area contributed by atoms with Gasteiger partial charge in [-0.3, -0.25) is 14.5 Å². The Morgan fingerprint density at radius 2 is 2.16 bits per heavy atom. The fraction of sp³-hybridized carbons (Fsp3) is 0.353. The van der Waals surface area contributed by atoms with E-state index in [-0.39, 0.29) is 5.56 Å². The minimum Gasteiger partial charge on any atom is -0.493 e. The van der Waals surface area contributed by atoms with E-state index in [1.807, 2.05) is 18.2 Å². The maximum Gasteiger partial charge on any atom is 0.263 e. The number of hydrogen-bond acceptors (Lipinski definition) is 6. The highest BCUT2D eigenvalue weighted by Crippen LogP contribution is 2.28. The third-order valence-electron chi connectivity index (χ3n) is 3.75. The molecule has 0 amide bonds. The summed E-state index contributed by atoms with van der Waals surface area (Å²) in [6, 6.07) is 5.73. The van der Waals surface area contributed by atoms with Crippen LogP contribution in [0.4, 0.5) is 5.95 Å². The Balaban J connectivity index is 1.77. The second-order valence-corrected chi connectivity index (χ2v) is 5.61. The smallest absolute Gasteiger partial charge is 0.263 e. The molecule has 0 spiro atoms. The summed E-state index contributed by atoms with van der Waals surface area (Å²) < 4.78 is 12.6. The van der Waals surface area contributed by atoms with Crippen LogP contribution < -0.4 is 20.3 Å². The number of methoxy groups -OCH3 is 1. The zero-order valence-corrected chi connectivity index (χ0v) is 14.5. The van der Waals surface area contributed by atoms with E-state index in [4.69, 9.17) is 9.47 Å². The fourth-order valence-corrected chi connectivity index (χ4v) is 2.46. The summed E-state index contributed by atoms with van der Waals surface area (Å²) in [5.41, 5.74) is 1.29. The predicted octanol–water partition coefficient (Wildman–Crippen LogP) is 2.07. The lowest BCUT2D eigenvalue weighted by atomic mass is 10.2. The normalized spacial score (nSPS) is 10.8. The van der Waals surface area contributed by atoms with E-state index in [2.05, 4.69) is 27.3 Å². The molecule has 0 atom stereocenters. The minimum atomic E-state index is -0.221. The van der Waals surface area contributed by atoms with Crippen molar-refractivity contribution in [3.63, 3.8) is 0 Å². The highest BCUT2D eigenvalue weighted by atomic mass is 16.5. The number of benzene rings is 1. The van der Waals surface area contributed by atoms with E-state index in [9.17, 15) is 4.79 Å². The maximum absolute atomic E-state index is 12.0. The van der Waals surface area contributed by atoms with Gasteiger partial charge in [0.1, 0.15) is 5.39 Å². The van der Waals surface area contributed by atoms with Gasteiger partial charge in [0.05, 0.1) is 19.9 Å². The number of H-pyrrole nitrogens is 1. The van der Waals surface area contributed by atoms with Crippen molar-refractivity contribution >= 4 is 17.0 Å². The molecule has 25 heavy (non-hydrogen) atoms. The number of nitrogens with zero attached hydrogens (tertiary/aromatic N) is 3. The molecule has 2 aromatic heterocycles. The monoisotopic (exact) mass is 343 g/mol. The summed E-state index contributed by atoms with van der Waals surface area (Å²) in [5, 5.41) is 7.63. The zero-order valence-electron chi connectivity index (χ0n) is 14.5. The minimum absolute atomic E-state index is 0.221. The number of aromatic amines is 1. The van der Waals surface area contributed by atoms with Crippen LogP contribution in [0.3, 0.4) is 0 Å². The van der Waals surface area contributed by atoms with E-state index in [1.165, 1.54) is 6.20 Å². The highest BCUT2D eigenvalue weighted by Gasteiger charge is 2.09. The summed E-state index contributed by atoms with van der Waals surface area (Å²) >= 11 is 0. The van der Waals surface area contributed by atoms with Gasteiger partial charge in [-0.25, -0.2) is 0 Å². The van der Waals surface area contributed by atoms with Gasteiger partial charge in [-0.2, -0.15) is 10.1 Å². The second-order valence-electron chi connectivity index (χ2n) is 5.61. The van der Waals surface area contributed by atoms with Crippen LogP contribution in [-0.4, -0.2) is 33.5 Å². The van der Waals surface area contributed by atoms with Crippen molar-refractivity contribution in [1.82, 2.24) is 19.7 Å². The lowest BCUT2D eigenvalue weighted by Gasteiger charge is -2.12. The molecule has 0 aliphatic carbocycles. The van der Waals surface area contributed by atoms with Gasteiger partial charge in [-0.15, -0.1) is 0 Å². The second kappa shape index (κ2) is 7.25. The Morgan fingerprint density at radius 1 is 1.32 bits per heavy atom. The number of nitrogens with one attached hydrogen (secondary N) is 2. The molecule has 0 unspecified atom stereocenters. The topological polar surface area (TPSA) is 94.1 Å². The molecular formula is C17H21N5O3. The van der Waals surface area contributed by atoms with Gasteiger partial charge in [0.15, 0.2) is 17.1 Å². The summed E-state index contributed by atoms with van der Waals surface area (Å²) in [6.07, 6.45) is 2.44. The Morgan fingerprint density at radius 3 is 2.92 bits per heavy atom. The van der Waals surface area contributed by atoms with Crippen LogP contribution in [0.5, 0.6) is 11.5 Å². The van der Waals surface area contributed by atoms with E-state index < -0.39 is 0 Å². The molecule has 0 radical (unpaired) electrons. The number of aryl methyl sites for hydroxylation is 1. The standard InChI is InChI=1S/C17H21N5O3/c1-4-7-25-13-6-5-11(8-14(13)24-3)9-18-17-20-15-12(16(23)21-17)10-19-22(15)2/h5-6,8,10H,4,7,9H2,1-3H3,(H2,18,20,21,23). The quantitative estimate of drug-likeness (QED) is 0.682. The van der Waals surface area contributed by atoms with Crippen molar-refractivity contribution in [2.24, 2.45) is 7.05 Å². The van der Waals surface area contributed by atoms with Crippen LogP contribution in [0.1, 0.15) is 18.9 Å². The molecule has 0 saturated carbocycles. The van der Waals surface area contributed by atoms with Crippen LogP contribution in [0.25, 0.3) is 11.0 Å². The SMILES string of the molecule is CCCOc1ccc(CNc2nc3c(cnn3C)c(=O)[nH]2)cc1OC. The van der Waals surface area contributed by atoms with Gasteiger partial charge in [-0.1, -0.05) is 13.0 Å². The average Bonchev–Trinajstić information content (AvgIpc) is 3.00. The Bertz CT molecular complexity index is 932. The highest BCUT2D eigenvalue weighted by molar-refractivity contribution is 5.74. The van der Waals surface area contributed by atoms with Crippen LogP contribution in [0.15, 0.2) is 29.2 Å². The molecule has 3 aromatic rings. The summed E-state index contributed by atoms with van der Waals surface area (Å²) in [6.45, 7) is 3.18. The first-order chi connectivity index (χ1) is 12.1. The molecular weight excluding hydrogens is 322 g/mol. The molecule has 0 aliphatic rings. The van der Waals surface area contributed by atoms with E-state index in [1.54, 1.807) is 18.8 Å². The molecule has 1 aromatic carbocycles. The summed E-state index contributed by atoms with van der Waals surface area (Å²) in [5.74, 6) is 1.79. The first kappa shape index (κ1) is 16.8. The number of aromatic nitrogens is 4. The van der Waals surface area contributed by atoms with Crippen molar-refractivity contribution in [3.8, 4) is 11.5 Å². The molecule has 2 N–H and O–H groups in total. The van der Waals surface area contributed by atoms with E-state index >= 15 is 0 Å². The van der Waals surface area contributed by atoms with Crippen molar-refractivity contribution in [1.29, 1.82) is 0 Å².